The molecule has 1 aromatic heterocycles. The number of nitrogen functional groups attached to an aromatic ring is 1. The molecule has 0 saturated carbocycles. The van der Waals surface area contributed by atoms with Gasteiger partial charge >= 0.3 is 17.6 Å². The van der Waals surface area contributed by atoms with Crippen molar-refractivity contribution in [2.45, 2.75) is 128 Å². The predicted octanol–water partition coefficient (Wildman–Crippen LogP) is 5.77. The highest BCUT2D eigenvalue weighted by Crippen LogP contribution is 2.45. The number of hydrogen-bond acceptors (Lipinski definition) is 6. The Morgan fingerprint density at radius 3 is 2.15 bits per heavy atom. The van der Waals surface area contributed by atoms with Crippen LogP contribution < -0.4 is 11.4 Å². The lowest BCUT2D eigenvalue weighted by Crippen LogP contribution is -2.43. The molecule has 1 fully saturated rings. The standard InChI is InChI=1S/C25H41F2N3O4/c1-3-5-6-7-8-9-10-11-12-13-14-15-16-21(31)34-22-19(4-2)33-23(25(22,26)27)30-18-17-20(28)29-24(30)32/h17-19,22-23H,3-16H2,1-2H3,(H2,28,29,32)/t19-,22-,23-/m1/s1. The van der Waals surface area contributed by atoms with Gasteiger partial charge in [0.05, 0.1) is 0 Å². The Kier molecular flexibility index (Phi) is 11.9. The summed E-state index contributed by atoms with van der Waals surface area (Å²) in [6, 6.07) is 1.24. The Hall–Kier alpha value is -2.03. The highest BCUT2D eigenvalue weighted by atomic mass is 19.3. The number of nitrogens with two attached hydrogens (primary N) is 1. The number of nitrogens with zero attached hydrogens (tertiary/aromatic N) is 2. The van der Waals surface area contributed by atoms with E-state index in [1.165, 1.54) is 57.4 Å². The van der Waals surface area contributed by atoms with Gasteiger partial charge in [-0.25, -0.2) is 4.79 Å². The van der Waals surface area contributed by atoms with Gasteiger partial charge in [-0.3, -0.25) is 9.36 Å². The summed E-state index contributed by atoms with van der Waals surface area (Å²) < 4.78 is 41.5. The minimum Gasteiger partial charge on any atom is -0.453 e. The molecule has 0 aromatic carbocycles. The van der Waals surface area contributed by atoms with E-state index in [-0.39, 0.29) is 18.7 Å². The molecule has 0 aliphatic carbocycles. The molecule has 1 aliphatic heterocycles. The lowest BCUT2D eigenvalue weighted by molar-refractivity contribution is -0.176. The van der Waals surface area contributed by atoms with Gasteiger partial charge in [0.15, 0.2) is 6.10 Å². The van der Waals surface area contributed by atoms with E-state index in [0.717, 1.165) is 25.5 Å². The number of anilines is 1. The summed E-state index contributed by atoms with van der Waals surface area (Å²) in [5.41, 5.74) is 4.50. The van der Waals surface area contributed by atoms with E-state index in [0.29, 0.717) is 11.0 Å². The second-order valence-electron chi connectivity index (χ2n) is 9.20. The minimum absolute atomic E-state index is 0.0695. The van der Waals surface area contributed by atoms with Crippen molar-refractivity contribution in [1.29, 1.82) is 0 Å². The highest BCUT2D eigenvalue weighted by Gasteiger charge is 2.61. The summed E-state index contributed by atoms with van der Waals surface area (Å²) in [5.74, 6) is -4.31. The van der Waals surface area contributed by atoms with Crippen molar-refractivity contribution in [2.24, 2.45) is 0 Å². The molecule has 9 heteroatoms. The number of rotatable bonds is 16. The van der Waals surface area contributed by atoms with Gasteiger partial charge in [0.25, 0.3) is 0 Å². The molecule has 2 heterocycles. The van der Waals surface area contributed by atoms with Crippen molar-refractivity contribution in [2.75, 3.05) is 5.73 Å². The first-order valence-corrected chi connectivity index (χ1v) is 12.9. The lowest BCUT2D eigenvalue weighted by atomic mass is 10.0. The molecule has 2 rings (SSSR count). The van der Waals surface area contributed by atoms with E-state index in [1.807, 2.05) is 0 Å². The van der Waals surface area contributed by atoms with Crippen LogP contribution in [0.3, 0.4) is 0 Å². The van der Waals surface area contributed by atoms with Crippen molar-refractivity contribution in [3.63, 3.8) is 0 Å². The van der Waals surface area contributed by atoms with Gasteiger partial charge in [0, 0.05) is 12.6 Å². The summed E-state index contributed by atoms with van der Waals surface area (Å²) in [5, 5.41) is 0. The van der Waals surface area contributed by atoms with E-state index >= 15 is 8.78 Å². The van der Waals surface area contributed by atoms with Gasteiger partial charge in [0.2, 0.25) is 6.23 Å². The van der Waals surface area contributed by atoms with Crippen LogP contribution >= 0.6 is 0 Å². The molecule has 1 aliphatic rings. The van der Waals surface area contributed by atoms with Crippen LogP contribution in [-0.4, -0.2) is 33.7 Å². The fraction of sp³-hybridized carbons (Fsp3) is 0.800. The quantitative estimate of drug-likeness (QED) is 0.236. The first-order chi connectivity index (χ1) is 16.3. The van der Waals surface area contributed by atoms with Crippen molar-refractivity contribution in [3.8, 4) is 0 Å². The average molecular weight is 486 g/mol. The Labute approximate surface area is 201 Å². The summed E-state index contributed by atoms with van der Waals surface area (Å²) in [4.78, 5) is 27.8. The summed E-state index contributed by atoms with van der Waals surface area (Å²) >= 11 is 0. The summed E-state index contributed by atoms with van der Waals surface area (Å²) in [6.07, 6.45) is 10.7. The monoisotopic (exact) mass is 485 g/mol. The maximum atomic E-state index is 15.1. The van der Waals surface area contributed by atoms with Crippen LogP contribution in [0.15, 0.2) is 17.1 Å². The van der Waals surface area contributed by atoms with Crippen LogP contribution in [0, 0.1) is 0 Å². The zero-order chi connectivity index (χ0) is 25.0. The number of carbonyl (C=O) groups excluding carboxylic acids is 1. The normalized spacial score (nSPS) is 21.6. The molecule has 0 amide bonds. The molecule has 0 bridgehead atoms. The van der Waals surface area contributed by atoms with Gasteiger partial charge in [-0.05, 0) is 18.9 Å². The third-order valence-electron chi connectivity index (χ3n) is 6.35. The van der Waals surface area contributed by atoms with Gasteiger partial charge in [0.1, 0.15) is 11.9 Å². The Morgan fingerprint density at radius 2 is 1.62 bits per heavy atom. The first-order valence-electron chi connectivity index (χ1n) is 12.9. The molecule has 3 atom stereocenters. The number of halogens is 2. The molecular formula is C25H41F2N3O4. The van der Waals surface area contributed by atoms with E-state index in [9.17, 15) is 9.59 Å². The Morgan fingerprint density at radius 1 is 1.06 bits per heavy atom. The predicted molar refractivity (Wildman–Crippen MR) is 128 cm³/mol. The largest absolute Gasteiger partial charge is 0.453 e. The Balaban J connectivity index is 1.71. The second kappa shape index (κ2) is 14.4. The van der Waals surface area contributed by atoms with Gasteiger partial charge < -0.3 is 15.2 Å². The number of unbranched alkanes of at least 4 members (excludes halogenated alkanes) is 11. The molecule has 194 valence electrons. The van der Waals surface area contributed by atoms with Gasteiger partial charge in [-0.2, -0.15) is 13.8 Å². The SMILES string of the molecule is CCCCCCCCCCCCCCC(=O)O[C@@H]1[C@@H](CC)O[C@@H](n2ccc(N)nc2=O)C1(F)F. The number of alkyl halides is 2. The van der Waals surface area contributed by atoms with Crippen LogP contribution in [0.1, 0.15) is 110 Å². The lowest BCUT2D eigenvalue weighted by Gasteiger charge is -2.24. The topological polar surface area (TPSA) is 96.4 Å². The Bertz CT molecular complexity index is 803. The zero-order valence-corrected chi connectivity index (χ0v) is 20.6. The number of carbonyl (C=O) groups is 1. The number of ether oxygens (including phenoxy) is 2. The third kappa shape index (κ3) is 8.32. The molecule has 34 heavy (non-hydrogen) atoms. The number of hydrogen-bond donors (Lipinski definition) is 1. The van der Waals surface area contributed by atoms with Crippen molar-refractivity contribution in [3.05, 3.63) is 22.7 Å². The van der Waals surface area contributed by atoms with Gasteiger partial charge in [-0.1, -0.05) is 84.5 Å². The van der Waals surface area contributed by atoms with Crippen molar-refractivity contribution < 1.29 is 23.0 Å². The first kappa shape index (κ1) is 28.2. The molecule has 7 nitrogen and oxygen atoms in total. The zero-order valence-electron chi connectivity index (χ0n) is 20.6. The van der Waals surface area contributed by atoms with Crippen LogP contribution in [0.4, 0.5) is 14.6 Å². The van der Waals surface area contributed by atoms with Crippen LogP contribution in [0.25, 0.3) is 0 Å². The summed E-state index contributed by atoms with van der Waals surface area (Å²) in [6.45, 7) is 3.89. The molecule has 2 N–H and O–H groups in total. The molecule has 0 radical (unpaired) electrons. The number of esters is 1. The third-order valence-corrected chi connectivity index (χ3v) is 6.35. The maximum absolute atomic E-state index is 15.1. The van der Waals surface area contributed by atoms with E-state index in [1.54, 1.807) is 6.92 Å². The van der Waals surface area contributed by atoms with Gasteiger partial charge in [-0.15, -0.1) is 0 Å². The summed E-state index contributed by atoms with van der Waals surface area (Å²) in [7, 11) is 0. The number of aromatic nitrogens is 2. The van der Waals surface area contributed by atoms with E-state index < -0.39 is 36.0 Å². The maximum Gasteiger partial charge on any atom is 0.351 e. The molecule has 1 aromatic rings. The van der Waals surface area contributed by atoms with Crippen molar-refractivity contribution >= 4 is 11.8 Å². The second-order valence-corrected chi connectivity index (χ2v) is 9.20. The van der Waals surface area contributed by atoms with Crippen LogP contribution in [0.2, 0.25) is 0 Å². The van der Waals surface area contributed by atoms with Crippen molar-refractivity contribution in [1.82, 2.24) is 9.55 Å². The molecule has 0 spiro atoms. The fourth-order valence-corrected chi connectivity index (χ4v) is 4.35. The molecule has 1 saturated heterocycles. The minimum atomic E-state index is -3.57. The van der Waals surface area contributed by atoms with E-state index in [2.05, 4.69) is 11.9 Å². The smallest absolute Gasteiger partial charge is 0.351 e. The fourth-order valence-electron chi connectivity index (χ4n) is 4.35. The van der Waals surface area contributed by atoms with Crippen LogP contribution in [-0.2, 0) is 14.3 Å². The highest BCUT2D eigenvalue weighted by molar-refractivity contribution is 5.69. The molecule has 0 unspecified atom stereocenters. The molecular weight excluding hydrogens is 444 g/mol. The van der Waals surface area contributed by atoms with E-state index in [4.69, 9.17) is 15.2 Å². The average Bonchev–Trinajstić information content (AvgIpc) is 3.04. The van der Waals surface area contributed by atoms with Crippen LogP contribution in [0.5, 0.6) is 0 Å².